The van der Waals surface area contributed by atoms with E-state index < -0.39 is 0 Å². The van der Waals surface area contributed by atoms with Crippen molar-refractivity contribution in [2.45, 2.75) is 12.8 Å². The summed E-state index contributed by atoms with van der Waals surface area (Å²) in [5.41, 5.74) is 6.00. The van der Waals surface area contributed by atoms with E-state index in [1.54, 1.807) is 38.5 Å². The van der Waals surface area contributed by atoms with Crippen molar-refractivity contribution in [3.63, 3.8) is 0 Å². The second-order valence-electron chi connectivity index (χ2n) is 6.85. The minimum atomic E-state index is -0.130. The van der Waals surface area contributed by atoms with Gasteiger partial charge in [0.15, 0.2) is 0 Å². The standard InChI is InChI=1S/C20H21Cl2N3O2.C2H6O/c21-18-6-3-15(13-19(18)22)12-17(23)11-14-1-4-16(5-2-14)20(26)24-25-7-9-27-10-8-25;1-3-2/h1-6,13,23H,7-12H2,(H,24,26);1-2H3. The van der Waals surface area contributed by atoms with Crippen molar-refractivity contribution in [3.8, 4) is 0 Å². The summed E-state index contributed by atoms with van der Waals surface area (Å²) in [6.07, 6.45) is 1.03. The van der Waals surface area contributed by atoms with Crippen molar-refractivity contribution in [1.82, 2.24) is 10.4 Å². The fourth-order valence-electron chi connectivity index (χ4n) is 2.86. The molecular formula is C22H27Cl2N3O3. The molecule has 2 aromatic rings. The summed E-state index contributed by atoms with van der Waals surface area (Å²) in [5, 5.41) is 11.1. The lowest BCUT2D eigenvalue weighted by Gasteiger charge is -2.26. The zero-order valence-corrected chi connectivity index (χ0v) is 18.7. The number of carbonyl (C=O) groups is 1. The molecule has 2 N–H and O–H groups in total. The Morgan fingerprint density at radius 1 is 1.03 bits per heavy atom. The first-order valence-electron chi connectivity index (χ1n) is 9.56. The monoisotopic (exact) mass is 451 g/mol. The lowest BCUT2D eigenvalue weighted by molar-refractivity contribution is 0.0126. The van der Waals surface area contributed by atoms with E-state index in [1.165, 1.54) is 0 Å². The Kier molecular flexibility index (Phi) is 10.3. The molecule has 0 aliphatic carbocycles. The molecule has 0 saturated carbocycles. The molecule has 1 fully saturated rings. The second kappa shape index (κ2) is 12.7. The van der Waals surface area contributed by atoms with E-state index in [1.807, 2.05) is 23.2 Å². The fourth-order valence-corrected chi connectivity index (χ4v) is 3.18. The van der Waals surface area contributed by atoms with Crippen LogP contribution in [-0.4, -0.2) is 57.2 Å². The molecule has 0 radical (unpaired) electrons. The van der Waals surface area contributed by atoms with E-state index in [4.69, 9.17) is 33.3 Å². The Labute approximate surface area is 187 Å². The Morgan fingerprint density at radius 3 is 2.20 bits per heavy atom. The molecular weight excluding hydrogens is 425 g/mol. The number of amides is 1. The molecule has 1 aliphatic heterocycles. The van der Waals surface area contributed by atoms with Crippen LogP contribution in [0, 0.1) is 5.41 Å². The van der Waals surface area contributed by atoms with Crippen LogP contribution in [0.4, 0.5) is 0 Å². The molecule has 0 aromatic heterocycles. The van der Waals surface area contributed by atoms with Gasteiger partial charge in [0.2, 0.25) is 0 Å². The van der Waals surface area contributed by atoms with Gasteiger partial charge in [-0.25, -0.2) is 5.01 Å². The Bertz CT molecular complexity index is 838. The summed E-state index contributed by atoms with van der Waals surface area (Å²) in [5.74, 6) is -0.130. The van der Waals surface area contributed by atoms with Crippen molar-refractivity contribution in [1.29, 1.82) is 5.41 Å². The number of hydrogen-bond donors (Lipinski definition) is 2. The largest absolute Gasteiger partial charge is 0.388 e. The maximum atomic E-state index is 12.3. The molecule has 0 atom stereocenters. The van der Waals surface area contributed by atoms with Crippen LogP contribution < -0.4 is 5.43 Å². The van der Waals surface area contributed by atoms with Crippen LogP contribution in [0.15, 0.2) is 42.5 Å². The third-order valence-electron chi connectivity index (χ3n) is 4.31. The number of hydrogen-bond acceptors (Lipinski definition) is 5. The van der Waals surface area contributed by atoms with Crippen LogP contribution in [-0.2, 0) is 22.3 Å². The highest BCUT2D eigenvalue weighted by Gasteiger charge is 2.14. The number of hydrazine groups is 1. The molecule has 0 bridgehead atoms. The summed E-state index contributed by atoms with van der Waals surface area (Å²) in [7, 11) is 3.25. The van der Waals surface area contributed by atoms with Crippen LogP contribution in [0.25, 0.3) is 0 Å². The van der Waals surface area contributed by atoms with Crippen LogP contribution >= 0.6 is 23.2 Å². The quantitative estimate of drug-likeness (QED) is 0.649. The molecule has 2 aromatic carbocycles. The fraction of sp³-hybridized carbons (Fsp3) is 0.364. The lowest BCUT2D eigenvalue weighted by Crippen LogP contribution is -2.48. The summed E-state index contributed by atoms with van der Waals surface area (Å²) in [4.78, 5) is 12.3. The van der Waals surface area contributed by atoms with E-state index in [0.717, 1.165) is 11.1 Å². The highest BCUT2D eigenvalue weighted by atomic mass is 35.5. The maximum absolute atomic E-state index is 12.3. The van der Waals surface area contributed by atoms with Gasteiger partial charge in [-0.3, -0.25) is 10.2 Å². The molecule has 0 unspecified atom stereocenters. The average Bonchev–Trinajstić information content (AvgIpc) is 2.72. The van der Waals surface area contributed by atoms with Crippen LogP contribution in [0.5, 0.6) is 0 Å². The molecule has 6 nitrogen and oxygen atoms in total. The number of morpholine rings is 1. The van der Waals surface area contributed by atoms with Gasteiger partial charge in [-0.05, 0) is 35.4 Å². The topological polar surface area (TPSA) is 74.7 Å². The van der Waals surface area contributed by atoms with Gasteiger partial charge in [-0.1, -0.05) is 41.4 Å². The summed E-state index contributed by atoms with van der Waals surface area (Å²) in [6.45, 7) is 2.63. The highest BCUT2D eigenvalue weighted by molar-refractivity contribution is 6.42. The Balaban J connectivity index is 0.00000101. The molecule has 1 aliphatic rings. The van der Waals surface area contributed by atoms with Crippen LogP contribution in [0.2, 0.25) is 10.0 Å². The van der Waals surface area contributed by atoms with Gasteiger partial charge in [0, 0.05) is 51.4 Å². The molecule has 1 saturated heterocycles. The first-order valence-corrected chi connectivity index (χ1v) is 10.3. The predicted molar refractivity (Wildman–Crippen MR) is 121 cm³/mol. The van der Waals surface area contributed by atoms with Gasteiger partial charge in [0.05, 0.1) is 23.3 Å². The third kappa shape index (κ3) is 8.05. The summed E-state index contributed by atoms with van der Waals surface area (Å²) in [6, 6.07) is 12.8. The number of rotatable bonds is 6. The SMILES string of the molecule is COC.N=C(Cc1ccc(C(=O)NN2CCOCC2)cc1)Cc1ccc(Cl)c(Cl)c1. The highest BCUT2D eigenvalue weighted by Crippen LogP contribution is 2.23. The third-order valence-corrected chi connectivity index (χ3v) is 5.04. The first-order chi connectivity index (χ1) is 14.4. The zero-order chi connectivity index (χ0) is 21.9. The number of carbonyl (C=O) groups excluding carboxylic acids is 1. The van der Waals surface area contributed by atoms with Crippen molar-refractivity contribution in [3.05, 3.63) is 69.2 Å². The van der Waals surface area contributed by atoms with E-state index >= 15 is 0 Å². The summed E-state index contributed by atoms with van der Waals surface area (Å²) < 4.78 is 9.52. The molecule has 162 valence electrons. The van der Waals surface area contributed by atoms with E-state index in [-0.39, 0.29) is 5.91 Å². The average molecular weight is 452 g/mol. The Hall–Kier alpha value is -1.96. The normalized spacial score (nSPS) is 13.9. The number of nitrogens with one attached hydrogen (secondary N) is 2. The van der Waals surface area contributed by atoms with E-state index in [2.05, 4.69) is 10.2 Å². The molecule has 3 rings (SSSR count). The van der Waals surface area contributed by atoms with Crippen molar-refractivity contribution >= 4 is 34.8 Å². The van der Waals surface area contributed by atoms with Crippen molar-refractivity contribution < 1.29 is 14.3 Å². The number of halogens is 2. The van der Waals surface area contributed by atoms with Crippen LogP contribution in [0.3, 0.4) is 0 Å². The molecule has 0 spiro atoms. The van der Waals surface area contributed by atoms with Gasteiger partial charge in [0.1, 0.15) is 0 Å². The second-order valence-corrected chi connectivity index (χ2v) is 7.67. The predicted octanol–water partition coefficient (Wildman–Crippen LogP) is 4.04. The van der Waals surface area contributed by atoms with Gasteiger partial charge >= 0.3 is 0 Å². The molecule has 1 amide bonds. The minimum Gasteiger partial charge on any atom is -0.388 e. The Morgan fingerprint density at radius 2 is 1.60 bits per heavy atom. The number of nitrogens with zero attached hydrogens (tertiary/aromatic N) is 1. The minimum absolute atomic E-state index is 0.130. The first kappa shape index (κ1) is 24.3. The van der Waals surface area contributed by atoms with Crippen molar-refractivity contribution in [2.75, 3.05) is 40.5 Å². The van der Waals surface area contributed by atoms with Gasteiger partial charge in [0.25, 0.3) is 5.91 Å². The van der Waals surface area contributed by atoms with Crippen molar-refractivity contribution in [2.24, 2.45) is 0 Å². The number of methoxy groups -OCH3 is 1. The maximum Gasteiger partial charge on any atom is 0.265 e. The zero-order valence-electron chi connectivity index (χ0n) is 17.2. The molecule has 1 heterocycles. The van der Waals surface area contributed by atoms with Gasteiger partial charge < -0.3 is 14.9 Å². The molecule has 8 heteroatoms. The van der Waals surface area contributed by atoms with Gasteiger partial charge in [-0.2, -0.15) is 0 Å². The number of benzene rings is 2. The van der Waals surface area contributed by atoms with E-state index in [9.17, 15) is 4.79 Å². The molecule has 30 heavy (non-hydrogen) atoms. The van der Waals surface area contributed by atoms with Gasteiger partial charge in [-0.15, -0.1) is 0 Å². The lowest BCUT2D eigenvalue weighted by atomic mass is 10.0. The van der Waals surface area contributed by atoms with Crippen LogP contribution in [0.1, 0.15) is 21.5 Å². The number of ether oxygens (including phenoxy) is 2. The van der Waals surface area contributed by atoms with E-state index in [0.29, 0.717) is 60.5 Å². The summed E-state index contributed by atoms with van der Waals surface area (Å²) >= 11 is 11.9. The smallest absolute Gasteiger partial charge is 0.265 e.